The molecule has 1 saturated carbocycles. The van der Waals surface area contributed by atoms with E-state index in [-0.39, 0.29) is 17.7 Å². The van der Waals surface area contributed by atoms with Gasteiger partial charge in [-0.05, 0) is 30.0 Å². The van der Waals surface area contributed by atoms with Gasteiger partial charge in [0.15, 0.2) is 0 Å². The summed E-state index contributed by atoms with van der Waals surface area (Å²) >= 11 is 0. The van der Waals surface area contributed by atoms with Gasteiger partial charge in [-0.1, -0.05) is 48.5 Å². The lowest BCUT2D eigenvalue weighted by molar-refractivity contribution is -0.123. The van der Waals surface area contributed by atoms with Crippen LogP contribution in [0.2, 0.25) is 0 Å². The van der Waals surface area contributed by atoms with Crippen molar-refractivity contribution in [2.24, 2.45) is 5.92 Å². The van der Waals surface area contributed by atoms with Gasteiger partial charge in [0.2, 0.25) is 5.91 Å². The maximum absolute atomic E-state index is 12.0. The van der Waals surface area contributed by atoms with E-state index in [9.17, 15) is 9.59 Å². The van der Waals surface area contributed by atoms with Crippen LogP contribution in [0.15, 0.2) is 60.7 Å². The molecule has 3 N–H and O–H groups in total. The fourth-order valence-corrected chi connectivity index (χ4v) is 2.45. The predicted octanol–water partition coefficient (Wildman–Crippen LogP) is 2.64. The lowest BCUT2D eigenvalue weighted by atomic mass is 10.1. The molecular formula is C17H17N3O2. The van der Waals surface area contributed by atoms with Gasteiger partial charge in [0.1, 0.15) is 0 Å². The van der Waals surface area contributed by atoms with Gasteiger partial charge in [-0.2, -0.15) is 0 Å². The van der Waals surface area contributed by atoms with E-state index in [1.807, 2.05) is 48.5 Å². The van der Waals surface area contributed by atoms with Crippen molar-refractivity contribution in [2.75, 3.05) is 5.32 Å². The third-order valence-electron chi connectivity index (χ3n) is 3.69. The second-order valence-corrected chi connectivity index (χ2v) is 5.29. The van der Waals surface area contributed by atoms with Crippen LogP contribution >= 0.6 is 0 Å². The SMILES string of the molecule is O=C(NNC(=O)[C@H]1C[C@H]1c1ccccc1)Nc1ccccc1. The molecule has 5 nitrogen and oxygen atoms in total. The number of carbonyl (C=O) groups excluding carboxylic acids is 2. The van der Waals surface area contributed by atoms with Crippen molar-refractivity contribution in [3.63, 3.8) is 0 Å². The van der Waals surface area contributed by atoms with Crippen LogP contribution < -0.4 is 16.2 Å². The van der Waals surface area contributed by atoms with E-state index < -0.39 is 6.03 Å². The Morgan fingerprint density at radius 1 is 0.864 bits per heavy atom. The summed E-state index contributed by atoms with van der Waals surface area (Å²) in [6.07, 6.45) is 0.817. The number of urea groups is 1. The highest BCUT2D eigenvalue weighted by atomic mass is 16.2. The van der Waals surface area contributed by atoms with Gasteiger partial charge in [0, 0.05) is 11.6 Å². The van der Waals surface area contributed by atoms with Crippen molar-refractivity contribution < 1.29 is 9.59 Å². The molecule has 2 aromatic carbocycles. The van der Waals surface area contributed by atoms with Crippen molar-refractivity contribution in [1.29, 1.82) is 0 Å². The first kappa shape index (κ1) is 14.1. The van der Waals surface area contributed by atoms with Gasteiger partial charge in [0.05, 0.1) is 0 Å². The van der Waals surface area contributed by atoms with Crippen LogP contribution in [0.1, 0.15) is 17.9 Å². The fourth-order valence-electron chi connectivity index (χ4n) is 2.45. The maximum atomic E-state index is 12.0. The number of rotatable bonds is 3. The number of nitrogens with one attached hydrogen (secondary N) is 3. The van der Waals surface area contributed by atoms with E-state index in [1.54, 1.807) is 12.1 Å². The number of hydrogen-bond acceptors (Lipinski definition) is 2. The van der Waals surface area contributed by atoms with Crippen molar-refractivity contribution >= 4 is 17.6 Å². The molecule has 0 heterocycles. The van der Waals surface area contributed by atoms with E-state index in [2.05, 4.69) is 16.2 Å². The molecule has 3 rings (SSSR count). The Kier molecular flexibility index (Phi) is 4.05. The first-order chi connectivity index (χ1) is 10.7. The lowest BCUT2D eigenvalue weighted by Crippen LogP contribution is -2.44. The second kappa shape index (κ2) is 6.30. The molecule has 0 bridgehead atoms. The zero-order chi connectivity index (χ0) is 15.4. The van der Waals surface area contributed by atoms with Crippen LogP contribution in [0.25, 0.3) is 0 Å². The van der Waals surface area contributed by atoms with Gasteiger partial charge in [-0.25, -0.2) is 10.2 Å². The van der Waals surface area contributed by atoms with Crippen LogP contribution in [0.5, 0.6) is 0 Å². The summed E-state index contributed by atoms with van der Waals surface area (Å²) in [5, 5.41) is 2.63. The van der Waals surface area contributed by atoms with E-state index >= 15 is 0 Å². The average molecular weight is 295 g/mol. The number of amides is 3. The number of benzene rings is 2. The van der Waals surface area contributed by atoms with Crippen LogP contribution in [0.4, 0.5) is 10.5 Å². The molecule has 5 heteroatoms. The normalized spacial score (nSPS) is 19.1. The Hall–Kier alpha value is -2.82. The van der Waals surface area contributed by atoms with Crippen LogP contribution in [-0.4, -0.2) is 11.9 Å². The van der Waals surface area contributed by atoms with Crippen molar-refractivity contribution in [3.8, 4) is 0 Å². The lowest BCUT2D eigenvalue weighted by Gasteiger charge is -2.08. The molecule has 0 aromatic heterocycles. The highest BCUT2D eigenvalue weighted by Crippen LogP contribution is 2.47. The van der Waals surface area contributed by atoms with Gasteiger partial charge >= 0.3 is 6.03 Å². The standard InChI is InChI=1S/C17H17N3O2/c21-16(15-11-14(15)12-7-3-1-4-8-12)19-20-17(22)18-13-9-5-2-6-10-13/h1-10,14-15H,11H2,(H,19,21)(H2,18,20,22)/t14-,15-/m0/s1. The zero-order valence-corrected chi connectivity index (χ0v) is 12.0. The minimum Gasteiger partial charge on any atom is -0.307 e. The molecule has 1 aliphatic rings. The first-order valence-corrected chi connectivity index (χ1v) is 7.21. The third-order valence-corrected chi connectivity index (χ3v) is 3.69. The molecule has 2 aromatic rings. The Morgan fingerprint density at radius 2 is 1.50 bits per heavy atom. The van der Waals surface area contributed by atoms with Crippen molar-refractivity contribution in [3.05, 3.63) is 66.2 Å². The Bertz CT molecular complexity index is 658. The second-order valence-electron chi connectivity index (χ2n) is 5.29. The maximum Gasteiger partial charge on any atom is 0.337 e. The number of hydrogen-bond donors (Lipinski definition) is 3. The Labute approximate surface area is 128 Å². The quantitative estimate of drug-likeness (QED) is 0.762. The molecule has 22 heavy (non-hydrogen) atoms. The van der Waals surface area contributed by atoms with Crippen molar-refractivity contribution in [2.45, 2.75) is 12.3 Å². The highest BCUT2D eigenvalue weighted by Gasteiger charge is 2.43. The molecule has 0 unspecified atom stereocenters. The van der Waals surface area contributed by atoms with E-state index in [0.717, 1.165) is 12.0 Å². The summed E-state index contributed by atoms with van der Waals surface area (Å²) in [6.45, 7) is 0. The van der Waals surface area contributed by atoms with E-state index in [0.29, 0.717) is 5.69 Å². The minimum atomic E-state index is -0.462. The Balaban J connectivity index is 1.45. The predicted molar refractivity (Wildman–Crippen MR) is 84.0 cm³/mol. The molecule has 0 spiro atoms. The van der Waals surface area contributed by atoms with Crippen LogP contribution in [0, 0.1) is 5.92 Å². The Morgan fingerprint density at radius 3 is 2.18 bits per heavy atom. The highest BCUT2D eigenvalue weighted by molar-refractivity contribution is 5.91. The largest absolute Gasteiger partial charge is 0.337 e. The molecule has 3 amide bonds. The van der Waals surface area contributed by atoms with Gasteiger partial charge in [0.25, 0.3) is 0 Å². The molecule has 2 atom stereocenters. The van der Waals surface area contributed by atoms with Gasteiger partial charge in [-0.3, -0.25) is 10.2 Å². The molecule has 0 radical (unpaired) electrons. The summed E-state index contributed by atoms with van der Waals surface area (Å²) in [4.78, 5) is 23.7. The average Bonchev–Trinajstić information content (AvgIpc) is 3.35. The van der Waals surface area contributed by atoms with E-state index in [4.69, 9.17) is 0 Å². The van der Waals surface area contributed by atoms with Crippen molar-refractivity contribution in [1.82, 2.24) is 10.9 Å². The summed E-state index contributed by atoms with van der Waals surface area (Å²) in [5.74, 6) is 0.0247. The third kappa shape index (κ3) is 3.44. The summed E-state index contributed by atoms with van der Waals surface area (Å²) < 4.78 is 0. The molecule has 1 aliphatic carbocycles. The molecule has 1 fully saturated rings. The zero-order valence-electron chi connectivity index (χ0n) is 12.0. The topological polar surface area (TPSA) is 70.2 Å². The molecular weight excluding hydrogens is 278 g/mol. The van der Waals surface area contributed by atoms with Gasteiger partial charge in [-0.15, -0.1) is 0 Å². The number of anilines is 1. The summed E-state index contributed by atoms with van der Waals surface area (Å²) in [7, 11) is 0. The monoisotopic (exact) mass is 295 g/mol. The van der Waals surface area contributed by atoms with E-state index in [1.165, 1.54) is 0 Å². The number of hydrazine groups is 1. The first-order valence-electron chi connectivity index (χ1n) is 7.21. The van der Waals surface area contributed by atoms with Crippen LogP contribution in [0.3, 0.4) is 0 Å². The molecule has 112 valence electrons. The minimum absolute atomic E-state index is 0.0700. The fraction of sp³-hybridized carbons (Fsp3) is 0.176. The summed E-state index contributed by atoms with van der Waals surface area (Å²) in [6, 6.07) is 18.5. The molecule has 0 saturated heterocycles. The molecule has 0 aliphatic heterocycles. The summed E-state index contributed by atoms with van der Waals surface area (Å²) in [5.41, 5.74) is 6.67. The number of carbonyl (C=O) groups is 2. The van der Waals surface area contributed by atoms with Gasteiger partial charge < -0.3 is 5.32 Å². The smallest absolute Gasteiger partial charge is 0.307 e. The van der Waals surface area contributed by atoms with Crippen LogP contribution in [-0.2, 0) is 4.79 Å². The number of para-hydroxylation sites is 1.